The van der Waals surface area contributed by atoms with Gasteiger partial charge in [-0.05, 0) is 26.2 Å². The molecule has 2 fully saturated rings. The minimum atomic E-state index is 0.00896. The number of carbonyl (C=O) groups excluding carboxylic acids is 1. The highest BCUT2D eigenvalue weighted by Crippen LogP contribution is 2.20. The van der Waals surface area contributed by atoms with Crippen LogP contribution in [0.3, 0.4) is 0 Å². The topological polar surface area (TPSA) is 41.6 Å². The van der Waals surface area contributed by atoms with E-state index in [0.29, 0.717) is 12.7 Å². The molecule has 4 nitrogen and oxygen atoms in total. The zero-order valence-corrected chi connectivity index (χ0v) is 11.7. The van der Waals surface area contributed by atoms with Crippen LogP contribution in [0.1, 0.15) is 52.4 Å². The molecule has 0 aromatic rings. The van der Waals surface area contributed by atoms with Gasteiger partial charge in [-0.2, -0.15) is 0 Å². The van der Waals surface area contributed by atoms with Gasteiger partial charge >= 0.3 is 0 Å². The number of nitrogens with zero attached hydrogens (tertiary/aromatic N) is 1. The van der Waals surface area contributed by atoms with Gasteiger partial charge in [0.05, 0.1) is 24.9 Å². The normalized spacial score (nSPS) is 30.1. The number of nitrogens with one attached hydrogen (secondary N) is 1. The second kappa shape index (κ2) is 6.53. The lowest BCUT2D eigenvalue weighted by molar-refractivity contribution is -0.131. The minimum absolute atomic E-state index is 0.00896. The molecular formula is C14H26N2O2. The van der Waals surface area contributed by atoms with Crippen molar-refractivity contribution in [3.63, 3.8) is 0 Å². The fraction of sp³-hybridized carbons (Fsp3) is 0.929. The summed E-state index contributed by atoms with van der Waals surface area (Å²) in [6.07, 6.45) is 7.77. The predicted molar refractivity (Wildman–Crippen MR) is 71.2 cm³/mol. The van der Waals surface area contributed by atoms with Crippen LogP contribution in [0.5, 0.6) is 0 Å². The van der Waals surface area contributed by atoms with E-state index in [-0.39, 0.29) is 18.1 Å². The maximum atomic E-state index is 12.0. The van der Waals surface area contributed by atoms with Crippen molar-refractivity contribution in [2.24, 2.45) is 0 Å². The Bertz CT molecular complexity index is 277. The van der Waals surface area contributed by atoms with E-state index in [9.17, 15) is 4.79 Å². The summed E-state index contributed by atoms with van der Waals surface area (Å²) in [5.74, 6) is 0.234. The number of rotatable bonds is 5. The van der Waals surface area contributed by atoms with Gasteiger partial charge in [0.1, 0.15) is 0 Å². The zero-order chi connectivity index (χ0) is 13.0. The van der Waals surface area contributed by atoms with Crippen molar-refractivity contribution in [1.29, 1.82) is 0 Å². The monoisotopic (exact) mass is 254 g/mol. The quantitative estimate of drug-likeness (QED) is 0.814. The van der Waals surface area contributed by atoms with E-state index in [4.69, 9.17) is 4.74 Å². The molecule has 1 amide bonds. The fourth-order valence-corrected chi connectivity index (χ4v) is 2.99. The minimum Gasteiger partial charge on any atom is -0.376 e. The summed E-state index contributed by atoms with van der Waals surface area (Å²) in [5, 5.41) is 3.31. The molecule has 4 heteroatoms. The predicted octanol–water partition coefficient (Wildman–Crippen LogP) is 1.89. The number of hydrogen-bond donors (Lipinski definition) is 1. The van der Waals surface area contributed by atoms with Crippen LogP contribution in [0.15, 0.2) is 0 Å². The maximum Gasteiger partial charge on any atom is 0.241 e. The van der Waals surface area contributed by atoms with Crippen molar-refractivity contribution in [3.05, 3.63) is 0 Å². The lowest BCUT2D eigenvalue weighted by Gasteiger charge is -2.25. The number of carbonyl (C=O) groups is 1. The van der Waals surface area contributed by atoms with Crippen LogP contribution in [0.2, 0.25) is 0 Å². The van der Waals surface area contributed by atoms with Crippen molar-refractivity contribution in [1.82, 2.24) is 10.2 Å². The van der Waals surface area contributed by atoms with E-state index in [0.717, 1.165) is 13.0 Å². The molecule has 0 spiro atoms. The molecule has 1 aliphatic heterocycles. The van der Waals surface area contributed by atoms with Crippen LogP contribution in [-0.4, -0.2) is 42.3 Å². The molecule has 2 atom stereocenters. The molecular weight excluding hydrogens is 228 g/mol. The first-order chi connectivity index (χ1) is 8.72. The Kier molecular flexibility index (Phi) is 5.01. The SMILES string of the molecule is CCC1NC(C)N(CCOC2CCCCC2)C1=O. The molecule has 1 heterocycles. The second-order valence-corrected chi connectivity index (χ2v) is 5.47. The van der Waals surface area contributed by atoms with E-state index in [1.807, 2.05) is 18.7 Å². The van der Waals surface area contributed by atoms with Gasteiger partial charge in [0, 0.05) is 6.54 Å². The van der Waals surface area contributed by atoms with Gasteiger partial charge in [-0.15, -0.1) is 0 Å². The first-order valence-electron chi connectivity index (χ1n) is 7.40. The molecule has 2 aliphatic rings. The van der Waals surface area contributed by atoms with Crippen LogP contribution in [-0.2, 0) is 9.53 Å². The van der Waals surface area contributed by atoms with Gasteiger partial charge in [0.15, 0.2) is 0 Å². The Labute approximate surface area is 110 Å². The number of amides is 1. The van der Waals surface area contributed by atoms with E-state index in [1.165, 1.54) is 32.1 Å². The maximum absolute atomic E-state index is 12.0. The van der Waals surface area contributed by atoms with E-state index >= 15 is 0 Å². The average Bonchev–Trinajstić information content (AvgIpc) is 2.67. The Morgan fingerprint density at radius 3 is 2.67 bits per heavy atom. The van der Waals surface area contributed by atoms with Gasteiger partial charge in [-0.1, -0.05) is 26.2 Å². The smallest absolute Gasteiger partial charge is 0.241 e. The molecule has 1 saturated carbocycles. The Balaban J connectivity index is 1.71. The summed E-state index contributed by atoms with van der Waals surface area (Å²) in [4.78, 5) is 14.0. The van der Waals surface area contributed by atoms with E-state index in [2.05, 4.69) is 5.32 Å². The van der Waals surface area contributed by atoms with Crippen molar-refractivity contribution in [2.45, 2.75) is 70.7 Å². The third-order valence-corrected chi connectivity index (χ3v) is 4.14. The molecule has 104 valence electrons. The van der Waals surface area contributed by atoms with Crippen molar-refractivity contribution in [3.8, 4) is 0 Å². The van der Waals surface area contributed by atoms with Crippen molar-refractivity contribution < 1.29 is 9.53 Å². The van der Waals surface area contributed by atoms with Crippen LogP contribution in [0, 0.1) is 0 Å². The second-order valence-electron chi connectivity index (χ2n) is 5.47. The van der Waals surface area contributed by atoms with Crippen LogP contribution >= 0.6 is 0 Å². The highest BCUT2D eigenvalue weighted by Gasteiger charge is 2.34. The fourth-order valence-electron chi connectivity index (χ4n) is 2.99. The van der Waals surface area contributed by atoms with Gasteiger partial charge in [-0.3, -0.25) is 10.1 Å². The first kappa shape index (κ1) is 13.8. The highest BCUT2D eigenvalue weighted by molar-refractivity contribution is 5.84. The summed E-state index contributed by atoms with van der Waals surface area (Å²) < 4.78 is 5.89. The number of hydrogen-bond acceptors (Lipinski definition) is 3. The van der Waals surface area contributed by atoms with Crippen molar-refractivity contribution >= 4 is 5.91 Å². The van der Waals surface area contributed by atoms with Gasteiger partial charge in [0.25, 0.3) is 0 Å². The molecule has 0 radical (unpaired) electrons. The van der Waals surface area contributed by atoms with Gasteiger partial charge < -0.3 is 9.64 Å². The lowest BCUT2D eigenvalue weighted by Crippen LogP contribution is -2.37. The van der Waals surface area contributed by atoms with E-state index < -0.39 is 0 Å². The molecule has 0 bridgehead atoms. The van der Waals surface area contributed by atoms with Crippen LogP contribution < -0.4 is 5.32 Å². The standard InChI is InChI=1S/C14H26N2O2/c1-3-13-14(17)16(11(2)15-13)9-10-18-12-7-5-4-6-8-12/h11-13,15H,3-10H2,1-2H3. The highest BCUT2D eigenvalue weighted by atomic mass is 16.5. The van der Waals surface area contributed by atoms with Crippen molar-refractivity contribution in [2.75, 3.05) is 13.2 Å². The third kappa shape index (κ3) is 3.23. The largest absolute Gasteiger partial charge is 0.376 e. The van der Waals surface area contributed by atoms with Gasteiger partial charge in [-0.25, -0.2) is 0 Å². The molecule has 0 aromatic carbocycles. The molecule has 18 heavy (non-hydrogen) atoms. The first-order valence-corrected chi connectivity index (χ1v) is 7.40. The molecule has 1 N–H and O–H groups in total. The molecule has 2 rings (SSSR count). The molecule has 1 aliphatic carbocycles. The van der Waals surface area contributed by atoms with Gasteiger partial charge in [0.2, 0.25) is 5.91 Å². The zero-order valence-electron chi connectivity index (χ0n) is 11.7. The summed E-state index contributed by atoms with van der Waals surface area (Å²) in [7, 11) is 0. The lowest BCUT2D eigenvalue weighted by atomic mass is 9.98. The average molecular weight is 254 g/mol. The molecule has 2 unspecified atom stereocenters. The summed E-state index contributed by atoms with van der Waals surface area (Å²) >= 11 is 0. The molecule has 0 aromatic heterocycles. The summed E-state index contributed by atoms with van der Waals surface area (Å²) in [5.41, 5.74) is 0. The molecule has 1 saturated heterocycles. The van der Waals surface area contributed by atoms with Crippen LogP contribution in [0.4, 0.5) is 0 Å². The third-order valence-electron chi connectivity index (χ3n) is 4.14. The Hall–Kier alpha value is -0.610. The van der Waals surface area contributed by atoms with E-state index in [1.54, 1.807) is 0 Å². The Morgan fingerprint density at radius 1 is 1.33 bits per heavy atom. The Morgan fingerprint density at radius 2 is 2.06 bits per heavy atom. The van der Waals surface area contributed by atoms with Crippen LogP contribution in [0.25, 0.3) is 0 Å². The summed E-state index contributed by atoms with van der Waals surface area (Å²) in [6.45, 7) is 5.50. The number of ether oxygens (including phenoxy) is 1. The summed E-state index contributed by atoms with van der Waals surface area (Å²) in [6, 6.07) is 0.00896.